The molecule has 20 heavy (non-hydrogen) atoms. The molecule has 1 rings (SSSR count). The van der Waals surface area contributed by atoms with Gasteiger partial charge in [0, 0.05) is 24.9 Å². The fourth-order valence-electron chi connectivity index (χ4n) is 1.35. The summed E-state index contributed by atoms with van der Waals surface area (Å²) >= 11 is 0.988. The molecule has 0 aliphatic heterocycles. The first-order valence-electron chi connectivity index (χ1n) is 6.12. The van der Waals surface area contributed by atoms with Gasteiger partial charge in [-0.15, -0.1) is 11.3 Å². The smallest absolute Gasteiger partial charge is 0.394 e. The first kappa shape index (κ1) is 16.7. The summed E-state index contributed by atoms with van der Waals surface area (Å²) in [4.78, 5) is 7.59. The van der Waals surface area contributed by atoms with Gasteiger partial charge in [0.05, 0.1) is 18.2 Å². The van der Waals surface area contributed by atoms with E-state index in [1.807, 2.05) is 6.92 Å². The van der Waals surface area contributed by atoms with E-state index in [2.05, 4.69) is 20.6 Å². The quantitative estimate of drug-likeness (QED) is 0.546. The monoisotopic (exact) mass is 310 g/mol. The molecule has 0 aromatic carbocycles. The van der Waals surface area contributed by atoms with Crippen molar-refractivity contribution >= 4 is 17.3 Å². The van der Waals surface area contributed by atoms with Crippen LogP contribution in [0.4, 0.5) is 13.2 Å². The largest absolute Gasteiger partial charge is 0.434 e. The Morgan fingerprint density at radius 3 is 2.75 bits per heavy atom. The van der Waals surface area contributed by atoms with Gasteiger partial charge in [-0.3, -0.25) is 4.99 Å². The minimum atomic E-state index is -4.39. The van der Waals surface area contributed by atoms with Crippen LogP contribution >= 0.6 is 11.3 Å². The number of aliphatic imine (C=N–C) groups is 1. The summed E-state index contributed by atoms with van der Waals surface area (Å²) in [5.41, 5.74) is -0.849. The van der Waals surface area contributed by atoms with Crippen LogP contribution in [-0.4, -0.2) is 42.3 Å². The Balaban J connectivity index is 2.44. The van der Waals surface area contributed by atoms with E-state index in [1.54, 1.807) is 0 Å². The fourth-order valence-corrected chi connectivity index (χ4v) is 2.15. The van der Waals surface area contributed by atoms with Gasteiger partial charge >= 0.3 is 6.18 Å². The number of nitrogens with zero attached hydrogens (tertiary/aromatic N) is 2. The summed E-state index contributed by atoms with van der Waals surface area (Å²) in [5.74, 6) is 0.522. The predicted molar refractivity (Wildman–Crippen MR) is 71.9 cm³/mol. The van der Waals surface area contributed by atoms with Gasteiger partial charge in [-0.25, -0.2) is 4.98 Å². The van der Waals surface area contributed by atoms with Crippen molar-refractivity contribution < 1.29 is 18.3 Å². The SMILES string of the molecule is CCNC(=NCCO)NCCc1nc(C(F)(F)F)cs1. The summed E-state index contributed by atoms with van der Waals surface area (Å²) in [6.45, 7) is 3.18. The van der Waals surface area contributed by atoms with E-state index in [9.17, 15) is 13.2 Å². The van der Waals surface area contributed by atoms with Crippen molar-refractivity contribution in [2.75, 3.05) is 26.2 Å². The van der Waals surface area contributed by atoms with Gasteiger partial charge in [-0.2, -0.15) is 13.2 Å². The lowest BCUT2D eigenvalue weighted by Crippen LogP contribution is -2.38. The fraction of sp³-hybridized carbons (Fsp3) is 0.636. The lowest BCUT2D eigenvalue weighted by molar-refractivity contribution is -0.140. The highest BCUT2D eigenvalue weighted by molar-refractivity contribution is 7.09. The topological polar surface area (TPSA) is 69.5 Å². The molecule has 3 N–H and O–H groups in total. The number of rotatable bonds is 6. The van der Waals surface area contributed by atoms with Gasteiger partial charge < -0.3 is 15.7 Å². The van der Waals surface area contributed by atoms with Gasteiger partial charge in [0.25, 0.3) is 0 Å². The van der Waals surface area contributed by atoms with Crippen LogP contribution in [0.25, 0.3) is 0 Å². The number of guanidine groups is 1. The van der Waals surface area contributed by atoms with Crippen molar-refractivity contribution in [2.24, 2.45) is 4.99 Å². The summed E-state index contributed by atoms with van der Waals surface area (Å²) in [5, 5.41) is 16.1. The molecule has 0 fully saturated rings. The minimum absolute atomic E-state index is 0.0575. The van der Waals surface area contributed by atoms with Crippen LogP contribution in [0.2, 0.25) is 0 Å². The number of hydrogen-bond donors (Lipinski definition) is 3. The molecule has 0 amide bonds. The summed E-state index contributed by atoms with van der Waals surface area (Å²) in [6, 6.07) is 0. The van der Waals surface area contributed by atoms with Gasteiger partial charge in [0.2, 0.25) is 0 Å². The Kier molecular flexibility index (Phi) is 6.73. The average molecular weight is 310 g/mol. The van der Waals surface area contributed by atoms with Crippen molar-refractivity contribution in [3.8, 4) is 0 Å². The third-order valence-corrected chi connectivity index (χ3v) is 3.10. The first-order chi connectivity index (χ1) is 9.47. The maximum atomic E-state index is 12.4. The van der Waals surface area contributed by atoms with Crippen molar-refractivity contribution in [1.82, 2.24) is 15.6 Å². The van der Waals surface area contributed by atoms with Gasteiger partial charge in [0.1, 0.15) is 0 Å². The van der Waals surface area contributed by atoms with Crippen LogP contribution in [0.15, 0.2) is 10.4 Å². The van der Waals surface area contributed by atoms with Crippen LogP contribution < -0.4 is 10.6 Å². The molecule has 0 saturated heterocycles. The number of aromatic nitrogens is 1. The number of thiazole rings is 1. The number of aliphatic hydroxyl groups is 1. The molecule has 1 aromatic heterocycles. The molecule has 1 aromatic rings. The molecule has 0 spiro atoms. The Morgan fingerprint density at radius 2 is 2.20 bits per heavy atom. The Bertz CT molecular complexity index is 434. The van der Waals surface area contributed by atoms with Gasteiger partial charge in [-0.1, -0.05) is 0 Å². The Morgan fingerprint density at radius 1 is 1.45 bits per heavy atom. The molecule has 114 valence electrons. The molecule has 0 atom stereocenters. The number of aliphatic hydroxyl groups excluding tert-OH is 1. The summed E-state index contributed by atoms with van der Waals surface area (Å²) in [6.07, 6.45) is -4.01. The van der Waals surface area contributed by atoms with E-state index in [-0.39, 0.29) is 13.2 Å². The van der Waals surface area contributed by atoms with Gasteiger partial charge in [-0.05, 0) is 6.92 Å². The Labute approximate surface area is 118 Å². The highest BCUT2D eigenvalue weighted by Crippen LogP contribution is 2.29. The highest BCUT2D eigenvalue weighted by Gasteiger charge is 2.33. The molecule has 1 heterocycles. The van der Waals surface area contributed by atoms with E-state index >= 15 is 0 Å². The second kappa shape index (κ2) is 8.05. The van der Waals surface area contributed by atoms with E-state index in [0.29, 0.717) is 30.5 Å². The third kappa shape index (κ3) is 5.74. The molecular formula is C11H17F3N4OS. The number of halogens is 3. The Hall–Kier alpha value is -1.35. The molecule has 0 aliphatic carbocycles. The maximum Gasteiger partial charge on any atom is 0.434 e. The minimum Gasteiger partial charge on any atom is -0.394 e. The van der Waals surface area contributed by atoms with Crippen molar-refractivity contribution in [3.63, 3.8) is 0 Å². The van der Waals surface area contributed by atoms with E-state index in [4.69, 9.17) is 5.11 Å². The third-order valence-electron chi connectivity index (χ3n) is 2.19. The van der Waals surface area contributed by atoms with Crippen molar-refractivity contribution in [2.45, 2.75) is 19.5 Å². The van der Waals surface area contributed by atoms with Crippen LogP contribution in [0.1, 0.15) is 17.6 Å². The predicted octanol–water partition coefficient (Wildman–Crippen LogP) is 1.25. The molecule has 0 radical (unpaired) electrons. The molecule has 0 aliphatic rings. The molecule has 0 saturated carbocycles. The zero-order valence-corrected chi connectivity index (χ0v) is 11.8. The van der Waals surface area contributed by atoms with Crippen LogP contribution in [0.5, 0.6) is 0 Å². The second-order valence-corrected chi connectivity index (χ2v) is 4.73. The number of nitrogens with one attached hydrogen (secondary N) is 2. The van der Waals surface area contributed by atoms with Crippen molar-refractivity contribution in [3.05, 3.63) is 16.1 Å². The van der Waals surface area contributed by atoms with Crippen molar-refractivity contribution in [1.29, 1.82) is 0 Å². The zero-order valence-electron chi connectivity index (χ0n) is 11.0. The summed E-state index contributed by atoms with van der Waals surface area (Å²) in [7, 11) is 0. The lowest BCUT2D eigenvalue weighted by Gasteiger charge is -2.10. The van der Waals surface area contributed by atoms with E-state index < -0.39 is 11.9 Å². The normalized spacial score (nSPS) is 12.6. The maximum absolute atomic E-state index is 12.4. The van der Waals surface area contributed by atoms with Crippen LogP contribution in [0, 0.1) is 0 Å². The van der Waals surface area contributed by atoms with Gasteiger partial charge in [0.15, 0.2) is 11.7 Å². The first-order valence-corrected chi connectivity index (χ1v) is 7.00. The molecule has 5 nitrogen and oxygen atoms in total. The second-order valence-electron chi connectivity index (χ2n) is 3.79. The number of hydrogen-bond acceptors (Lipinski definition) is 4. The molecule has 0 bridgehead atoms. The van der Waals surface area contributed by atoms with E-state index in [0.717, 1.165) is 16.7 Å². The number of alkyl halides is 3. The molecule has 9 heteroatoms. The van der Waals surface area contributed by atoms with E-state index in [1.165, 1.54) is 0 Å². The lowest BCUT2D eigenvalue weighted by atomic mass is 10.4. The van der Waals surface area contributed by atoms with Crippen LogP contribution in [0.3, 0.4) is 0 Å². The zero-order chi connectivity index (χ0) is 15.0. The summed E-state index contributed by atoms with van der Waals surface area (Å²) < 4.78 is 37.1. The molecular weight excluding hydrogens is 293 g/mol. The molecule has 0 unspecified atom stereocenters. The highest BCUT2D eigenvalue weighted by atomic mass is 32.1. The standard InChI is InChI=1S/C11H17F3N4OS/c1-2-15-10(17-5-6-19)16-4-3-9-18-8(7-20-9)11(12,13)14/h7,19H,2-6H2,1H3,(H2,15,16,17). The average Bonchev–Trinajstić information content (AvgIpc) is 2.84. The van der Waals surface area contributed by atoms with Crippen LogP contribution in [-0.2, 0) is 12.6 Å².